The Balaban J connectivity index is 2.19. The highest BCUT2D eigenvalue weighted by atomic mass is 16.5. The van der Waals surface area contributed by atoms with Gasteiger partial charge in [-0.2, -0.15) is 0 Å². The molecule has 122 valence electrons. The van der Waals surface area contributed by atoms with Gasteiger partial charge in [0.1, 0.15) is 0 Å². The van der Waals surface area contributed by atoms with E-state index >= 15 is 0 Å². The number of amides is 1. The Morgan fingerprint density at radius 3 is 2.35 bits per heavy atom. The minimum absolute atomic E-state index is 0.00166. The molecule has 0 heterocycles. The maximum absolute atomic E-state index is 12.6. The first-order chi connectivity index (χ1) is 11.2. The fourth-order valence-corrected chi connectivity index (χ4v) is 2.52. The fraction of sp³-hybridized carbons (Fsp3) is 0.316. The standard InChI is InChI=1S/C19H23NO3/c1-4-8-16(14-9-6-5-7-10-14)20-19(21)15-11-12-17(22-2)18(13-15)23-3/h5-7,9-13,16H,4,8H2,1-3H3,(H,20,21). The van der Waals surface area contributed by atoms with Gasteiger partial charge in [-0.25, -0.2) is 0 Å². The van der Waals surface area contributed by atoms with E-state index in [0.29, 0.717) is 17.1 Å². The summed E-state index contributed by atoms with van der Waals surface area (Å²) in [5.74, 6) is 1.04. The van der Waals surface area contributed by atoms with Gasteiger partial charge in [-0.05, 0) is 30.2 Å². The Bertz CT molecular complexity index is 640. The zero-order chi connectivity index (χ0) is 16.7. The predicted octanol–water partition coefficient (Wildman–Crippen LogP) is 3.98. The molecule has 2 aromatic carbocycles. The van der Waals surface area contributed by atoms with E-state index in [1.54, 1.807) is 32.4 Å². The van der Waals surface area contributed by atoms with Crippen molar-refractivity contribution >= 4 is 5.91 Å². The lowest BCUT2D eigenvalue weighted by atomic mass is 10.0. The summed E-state index contributed by atoms with van der Waals surface area (Å²) in [5, 5.41) is 3.10. The van der Waals surface area contributed by atoms with Crippen molar-refractivity contribution in [3.05, 3.63) is 59.7 Å². The summed E-state index contributed by atoms with van der Waals surface area (Å²) < 4.78 is 10.5. The quantitative estimate of drug-likeness (QED) is 0.841. The van der Waals surface area contributed by atoms with Gasteiger partial charge >= 0.3 is 0 Å². The van der Waals surface area contributed by atoms with Crippen LogP contribution in [0.1, 0.15) is 41.7 Å². The molecule has 0 aliphatic rings. The summed E-state index contributed by atoms with van der Waals surface area (Å²) in [7, 11) is 3.13. The molecule has 0 spiro atoms. The minimum Gasteiger partial charge on any atom is -0.493 e. The van der Waals surface area contributed by atoms with E-state index < -0.39 is 0 Å². The number of carbonyl (C=O) groups excluding carboxylic acids is 1. The van der Waals surface area contributed by atoms with Gasteiger partial charge in [0.25, 0.3) is 5.91 Å². The summed E-state index contributed by atoms with van der Waals surface area (Å²) in [6.07, 6.45) is 1.88. The maximum Gasteiger partial charge on any atom is 0.251 e. The van der Waals surface area contributed by atoms with Crippen molar-refractivity contribution in [1.82, 2.24) is 5.32 Å². The topological polar surface area (TPSA) is 47.6 Å². The number of ether oxygens (including phenoxy) is 2. The van der Waals surface area contributed by atoms with E-state index in [2.05, 4.69) is 12.2 Å². The van der Waals surface area contributed by atoms with Crippen LogP contribution in [-0.4, -0.2) is 20.1 Å². The molecule has 2 rings (SSSR count). The first kappa shape index (κ1) is 16.9. The molecular weight excluding hydrogens is 290 g/mol. The van der Waals surface area contributed by atoms with Crippen LogP contribution in [-0.2, 0) is 0 Å². The second-order valence-corrected chi connectivity index (χ2v) is 5.30. The lowest BCUT2D eigenvalue weighted by Gasteiger charge is -2.19. The van der Waals surface area contributed by atoms with Crippen LogP contribution in [0.25, 0.3) is 0 Å². The van der Waals surface area contributed by atoms with Gasteiger partial charge in [0.05, 0.1) is 20.3 Å². The van der Waals surface area contributed by atoms with E-state index in [-0.39, 0.29) is 11.9 Å². The zero-order valence-electron chi connectivity index (χ0n) is 13.8. The second-order valence-electron chi connectivity index (χ2n) is 5.30. The summed E-state index contributed by atoms with van der Waals surface area (Å²) in [4.78, 5) is 12.6. The molecule has 0 saturated heterocycles. The van der Waals surface area contributed by atoms with Crippen molar-refractivity contribution in [1.29, 1.82) is 0 Å². The van der Waals surface area contributed by atoms with Crippen LogP contribution < -0.4 is 14.8 Å². The van der Waals surface area contributed by atoms with Crippen molar-refractivity contribution in [2.24, 2.45) is 0 Å². The monoisotopic (exact) mass is 313 g/mol. The SMILES string of the molecule is CCCC(NC(=O)c1ccc(OC)c(OC)c1)c1ccccc1. The van der Waals surface area contributed by atoms with Gasteiger partial charge in [0.2, 0.25) is 0 Å². The van der Waals surface area contributed by atoms with Gasteiger partial charge in [-0.15, -0.1) is 0 Å². The molecule has 0 aliphatic heterocycles. The predicted molar refractivity (Wildman–Crippen MR) is 91.1 cm³/mol. The first-order valence-electron chi connectivity index (χ1n) is 7.77. The Hall–Kier alpha value is -2.49. The van der Waals surface area contributed by atoms with Gasteiger partial charge in [0.15, 0.2) is 11.5 Å². The third kappa shape index (κ3) is 4.25. The van der Waals surface area contributed by atoms with Gasteiger partial charge in [-0.3, -0.25) is 4.79 Å². The van der Waals surface area contributed by atoms with Crippen LogP contribution in [0.2, 0.25) is 0 Å². The van der Waals surface area contributed by atoms with Crippen molar-refractivity contribution in [3.8, 4) is 11.5 Å². The van der Waals surface area contributed by atoms with Crippen LogP contribution >= 0.6 is 0 Å². The number of benzene rings is 2. The highest BCUT2D eigenvalue weighted by Crippen LogP contribution is 2.28. The van der Waals surface area contributed by atoms with E-state index in [0.717, 1.165) is 18.4 Å². The zero-order valence-corrected chi connectivity index (χ0v) is 13.8. The lowest BCUT2D eigenvalue weighted by molar-refractivity contribution is 0.0934. The average Bonchev–Trinajstić information content (AvgIpc) is 2.61. The molecule has 0 saturated carbocycles. The van der Waals surface area contributed by atoms with Crippen molar-refractivity contribution in [3.63, 3.8) is 0 Å². The third-order valence-electron chi connectivity index (χ3n) is 3.73. The first-order valence-corrected chi connectivity index (χ1v) is 7.77. The lowest BCUT2D eigenvalue weighted by Crippen LogP contribution is -2.28. The Morgan fingerprint density at radius 1 is 1.04 bits per heavy atom. The van der Waals surface area contributed by atoms with Crippen LogP contribution in [0, 0.1) is 0 Å². The number of methoxy groups -OCH3 is 2. The van der Waals surface area contributed by atoms with Crippen LogP contribution in [0.3, 0.4) is 0 Å². The van der Waals surface area contributed by atoms with Crippen LogP contribution in [0.5, 0.6) is 11.5 Å². The molecule has 1 N–H and O–H groups in total. The molecular formula is C19H23NO3. The fourth-order valence-electron chi connectivity index (χ4n) is 2.52. The van der Waals surface area contributed by atoms with Gasteiger partial charge in [-0.1, -0.05) is 43.7 Å². The normalized spacial score (nSPS) is 11.6. The summed E-state index contributed by atoms with van der Waals surface area (Å²) in [6.45, 7) is 2.11. The second kappa shape index (κ2) is 8.22. The molecule has 0 aromatic heterocycles. The maximum atomic E-state index is 12.6. The number of carbonyl (C=O) groups is 1. The molecule has 0 bridgehead atoms. The van der Waals surface area contributed by atoms with Gasteiger partial charge < -0.3 is 14.8 Å². The smallest absolute Gasteiger partial charge is 0.251 e. The molecule has 4 nitrogen and oxygen atoms in total. The molecule has 1 amide bonds. The van der Waals surface area contributed by atoms with Gasteiger partial charge in [0, 0.05) is 5.56 Å². The molecule has 1 atom stereocenters. The number of hydrogen-bond acceptors (Lipinski definition) is 3. The minimum atomic E-state index is -0.117. The highest BCUT2D eigenvalue weighted by Gasteiger charge is 2.16. The number of hydrogen-bond donors (Lipinski definition) is 1. The summed E-state index contributed by atoms with van der Waals surface area (Å²) in [6, 6.07) is 15.2. The average molecular weight is 313 g/mol. The molecule has 4 heteroatoms. The number of nitrogens with one attached hydrogen (secondary N) is 1. The van der Waals surface area contributed by atoms with Crippen molar-refractivity contribution < 1.29 is 14.3 Å². The van der Waals surface area contributed by atoms with Crippen molar-refractivity contribution in [2.45, 2.75) is 25.8 Å². The number of rotatable bonds is 7. The van der Waals surface area contributed by atoms with E-state index in [9.17, 15) is 4.79 Å². The molecule has 0 aliphatic carbocycles. The summed E-state index contributed by atoms with van der Waals surface area (Å²) >= 11 is 0. The summed E-state index contributed by atoms with van der Waals surface area (Å²) in [5.41, 5.74) is 1.67. The van der Waals surface area contributed by atoms with E-state index in [1.807, 2.05) is 30.3 Å². The van der Waals surface area contributed by atoms with Crippen molar-refractivity contribution in [2.75, 3.05) is 14.2 Å². The van der Waals surface area contributed by atoms with Crippen LogP contribution in [0.15, 0.2) is 48.5 Å². The molecule has 2 aromatic rings. The molecule has 1 unspecified atom stereocenters. The van der Waals surface area contributed by atoms with E-state index in [4.69, 9.17) is 9.47 Å². The molecule has 23 heavy (non-hydrogen) atoms. The Labute approximate surface area is 137 Å². The molecule has 0 fully saturated rings. The van der Waals surface area contributed by atoms with E-state index in [1.165, 1.54) is 0 Å². The Morgan fingerprint density at radius 2 is 1.74 bits per heavy atom. The highest BCUT2D eigenvalue weighted by molar-refractivity contribution is 5.95. The van der Waals surface area contributed by atoms with Crippen LogP contribution in [0.4, 0.5) is 0 Å². The Kier molecular flexibility index (Phi) is 6.03. The molecule has 0 radical (unpaired) electrons. The largest absolute Gasteiger partial charge is 0.493 e. The third-order valence-corrected chi connectivity index (χ3v) is 3.73.